The maximum atomic E-state index is 4.80. The van der Waals surface area contributed by atoms with Crippen LogP contribution in [0.1, 0.15) is 17.7 Å². The lowest BCUT2D eigenvalue weighted by atomic mass is 10.2. The van der Waals surface area contributed by atoms with Crippen LogP contribution >= 0.6 is 23.6 Å². The van der Waals surface area contributed by atoms with Crippen LogP contribution in [0.2, 0.25) is 0 Å². The molecule has 0 aliphatic rings. The monoisotopic (exact) mass is 156 g/mol. The summed E-state index contributed by atoms with van der Waals surface area (Å²) < 4.78 is 0. The van der Waals surface area contributed by atoms with Gasteiger partial charge in [0.1, 0.15) is 0 Å². The Hall–Kier alpha value is -0.210. The zero-order valence-electron chi connectivity index (χ0n) is 5.20. The van der Waals surface area contributed by atoms with Crippen molar-refractivity contribution in [3.63, 3.8) is 0 Å². The summed E-state index contributed by atoms with van der Waals surface area (Å²) in [6.07, 6.45) is 0. The third-order valence-corrected chi connectivity index (χ3v) is 2.68. The van der Waals surface area contributed by atoms with Crippen molar-refractivity contribution in [2.75, 3.05) is 0 Å². The molecular weight excluding hydrogens is 148 g/mol. The Morgan fingerprint density at radius 2 is 2.56 bits per heavy atom. The van der Waals surface area contributed by atoms with Crippen molar-refractivity contribution in [3.8, 4) is 0 Å². The van der Waals surface area contributed by atoms with Crippen LogP contribution in [0.3, 0.4) is 0 Å². The summed E-state index contributed by atoms with van der Waals surface area (Å²) in [6, 6.07) is 4.16. The Balaban J connectivity index is 2.76. The molecule has 0 aliphatic heterocycles. The molecule has 1 aromatic heterocycles. The number of thiocarbonyl (C=S) groups is 1. The van der Waals surface area contributed by atoms with E-state index in [0.717, 1.165) is 0 Å². The molecule has 48 valence electrons. The fraction of sp³-hybridized carbons (Fsp3) is 0.286. The molecule has 0 saturated carbocycles. The van der Waals surface area contributed by atoms with Gasteiger partial charge in [-0.05, 0) is 16.8 Å². The zero-order valence-corrected chi connectivity index (χ0v) is 6.84. The lowest BCUT2D eigenvalue weighted by Crippen LogP contribution is -1.86. The van der Waals surface area contributed by atoms with Gasteiger partial charge < -0.3 is 0 Å². The first-order chi connectivity index (χ1) is 4.34. The van der Waals surface area contributed by atoms with E-state index in [2.05, 4.69) is 24.4 Å². The van der Waals surface area contributed by atoms with Crippen LogP contribution in [0, 0.1) is 0 Å². The smallest absolute Gasteiger partial charge is 0.0189 e. The van der Waals surface area contributed by atoms with E-state index in [1.807, 2.05) is 0 Å². The molecule has 0 saturated heterocycles. The minimum atomic E-state index is 0.444. The first kappa shape index (κ1) is 6.90. The van der Waals surface area contributed by atoms with Crippen molar-refractivity contribution in [1.29, 1.82) is 0 Å². The van der Waals surface area contributed by atoms with Crippen LogP contribution in [0.4, 0.5) is 0 Å². The number of hydrogen-bond donors (Lipinski definition) is 0. The Morgan fingerprint density at radius 1 is 1.78 bits per heavy atom. The van der Waals surface area contributed by atoms with Crippen molar-refractivity contribution >= 4 is 28.9 Å². The van der Waals surface area contributed by atoms with E-state index in [9.17, 15) is 0 Å². The van der Waals surface area contributed by atoms with Gasteiger partial charge in [0.2, 0.25) is 0 Å². The van der Waals surface area contributed by atoms with E-state index < -0.39 is 0 Å². The molecule has 0 radical (unpaired) electrons. The Labute approximate surface area is 64.5 Å². The molecule has 9 heavy (non-hydrogen) atoms. The van der Waals surface area contributed by atoms with E-state index >= 15 is 0 Å². The molecular formula is C7H8S2. The molecule has 1 atom stereocenters. The summed E-state index contributed by atoms with van der Waals surface area (Å²) in [7, 11) is 0. The molecule has 0 N–H and O–H groups in total. The predicted octanol–water partition coefficient (Wildman–Crippen LogP) is 2.85. The van der Waals surface area contributed by atoms with Crippen molar-refractivity contribution < 1.29 is 0 Å². The average Bonchev–Trinajstić information content (AvgIpc) is 2.37. The molecule has 1 unspecified atom stereocenters. The van der Waals surface area contributed by atoms with Gasteiger partial charge in [0, 0.05) is 10.8 Å². The van der Waals surface area contributed by atoms with Crippen molar-refractivity contribution in [2.45, 2.75) is 12.8 Å². The molecule has 0 bridgehead atoms. The van der Waals surface area contributed by atoms with Crippen LogP contribution in [0.25, 0.3) is 0 Å². The third-order valence-electron chi connectivity index (χ3n) is 1.20. The summed E-state index contributed by atoms with van der Waals surface area (Å²) in [5.74, 6) is 0.444. The van der Waals surface area contributed by atoms with Gasteiger partial charge in [-0.25, -0.2) is 0 Å². The lowest BCUT2D eigenvalue weighted by Gasteiger charge is -1.96. The van der Waals surface area contributed by atoms with Gasteiger partial charge in [-0.3, -0.25) is 0 Å². The highest BCUT2D eigenvalue weighted by atomic mass is 32.1. The summed E-state index contributed by atoms with van der Waals surface area (Å²) in [6.45, 7) is 2.11. The Bertz CT molecular complexity index is 177. The molecule has 0 fully saturated rings. The second-order valence-electron chi connectivity index (χ2n) is 1.94. The van der Waals surface area contributed by atoms with Crippen molar-refractivity contribution in [1.82, 2.24) is 0 Å². The SMILES string of the molecule is CC(C=S)c1cccs1. The molecule has 0 aromatic carbocycles. The largest absolute Gasteiger partial charge is 0.148 e. The van der Waals surface area contributed by atoms with Crippen LogP contribution in [0.15, 0.2) is 17.5 Å². The van der Waals surface area contributed by atoms with Crippen LogP contribution in [-0.4, -0.2) is 5.37 Å². The second kappa shape index (κ2) is 3.08. The summed E-state index contributed by atoms with van der Waals surface area (Å²) in [5.41, 5.74) is 0. The quantitative estimate of drug-likeness (QED) is 0.593. The summed E-state index contributed by atoms with van der Waals surface area (Å²) in [5, 5.41) is 3.87. The zero-order chi connectivity index (χ0) is 6.69. The predicted molar refractivity (Wildman–Crippen MR) is 46.4 cm³/mol. The van der Waals surface area contributed by atoms with Gasteiger partial charge >= 0.3 is 0 Å². The normalized spacial score (nSPS) is 13.0. The van der Waals surface area contributed by atoms with Gasteiger partial charge in [-0.1, -0.05) is 25.2 Å². The van der Waals surface area contributed by atoms with Gasteiger partial charge in [0.05, 0.1) is 0 Å². The van der Waals surface area contributed by atoms with E-state index in [4.69, 9.17) is 12.2 Å². The lowest BCUT2D eigenvalue weighted by molar-refractivity contribution is 1.10. The maximum absolute atomic E-state index is 4.80. The fourth-order valence-corrected chi connectivity index (χ4v) is 1.60. The standard InChI is InChI=1S/C7H8S2/c1-6(5-8)7-3-2-4-9-7/h2-6H,1H3. The van der Waals surface area contributed by atoms with Crippen molar-refractivity contribution in [3.05, 3.63) is 22.4 Å². The van der Waals surface area contributed by atoms with E-state index in [1.54, 1.807) is 16.7 Å². The molecule has 0 aliphatic carbocycles. The number of hydrogen-bond acceptors (Lipinski definition) is 2. The Morgan fingerprint density at radius 3 is 3.00 bits per heavy atom. The van der Waals surface area contributed by atoms with E-state index in [-0.39, 0.29) is 0 Å². The molecule has 1 rings (SSSR count). The number of rotatable bonds is 2. The minimum Gasteiger partial charge on any atom is -0.148 e. The highest BCUT2D eigenvalue weighted by Gasteiger charge is 1.99. The Kier molecular flexibility index (Phi) is 2.37. The van der Waals surface area contributed by atoms with Gasteiger partial charge in [-0.15, -0.1) is 11.3 Å². The fourth-order valence-electron chi connectivity index (χ4n) is 0.617. The third kappa shape index (κ3) is 1.60. The van der Waals surface area contributed by atoms with Gasteiger partial charge in [-0.2, -0.15) is 0 Å². The first-order valence-corrected chi connectivity index (χ1v) is 4.18. The molecule has 2 heteroatoms. The minimum absolute atomic E-state index is 0.444. The highest BCUT2D eigenvalue weighted by Crippen LogP contribution is 2.18. The van der Waals surface area contributed by atoms with Crippen molar-refractivity contribution in [2.24, 2.45) is 0 Å². The highest BCUT2D eigenvalue weighted by molar-refractivity contribution is 7.79. The topological polar surface area (TPSA) is 0 Å². The molecule has 0 spiro atoms. The number of thiophene rings is 1. The summed E-state index contributed by atoms with van der Waals surface area (Å²) >= 11 is 6.56. The van der Waals surface area contributed by atoms with E-state index in [0.29, 0.717) is 5.92 Å². The van der Waals surface area contributed by atoms with Crippen LogP contribution in [-0.2, 0) is 0 Å². The molecule has 1 heterocycles. The molecule has 0 amide bonds. The molecule has 0 nitrogen and oxygen atoms in total. The first-order valence-electron chi connectivity index (χ1n) is 2.83. The second-order valence-corrected chi connectivity index (χ2v) is 3.19. The van der Waals surface area contributed by atoms with Gasteiger partial charge in [0.15, 0.2) is 0 Å². The van der Waals surface area contributed by atoms with Crippen LogP contribution < -0.4 is 0 Å². The summed E-state index contributed by atoms with van der Waals surface area (Å²) in [4.78, 5) is 1.35. The van der Waals surface area contributed by atoms with Crippen LogP contribution in [0.5, 0.6) is 0 Å². The average molecular weight is 156 g/mol. The van der Waals surface area contributed by atoms with E-state index in [1.165, 1.54) is 4.88 Å². The molecule has 1 aromatic rings. The maximum Gasteiger partial charge on any atom is 0.0189 e. The van der Waals surface area contributed by atoms with Gasteiger partial charge in [0.25, 0.3) is 0 Å².